The molecule has 1 aliphatic rings. The van der Waals surface area contributed by atoms with Crippen molar-refractivity contribution in [2.75, 3.05) is 6.54 Å². The predicted molar refractivity (Wildman–Crippen MR) is 59.6 cm³/mol. The van der Waals surface area contributed by atoms with E-state index in [1.165, 1.54) is 17.9 Å². The van der Waals surface area contributed by atoms with Gasteiger partial charge < -0.3 is 0 Å². The van der Waals surface area contributed by atoms with Crippen molar-refractivity contribution in [1.29, 1.82) is 0 Å². The van der Waals surface area contributed by atoms with E-state index in [-0.39, 0.29) is 17.6 Å². The van der Waals surface area contributed by atoms with E-state index in [2.05, 4.69) is 0 Å². The fraction of sp³-hybridized carbons (Fsp3) is 0.583. The van der Waals surface area contributed by atoms with E-state index < -0.39 is 0 Å². The third kappa shape index (κ3) is 3.96. The first-order valence-corrected chi connectivity index (χ1v) is 5.61. The molecule has 1 aliphatic heterocycles. The number of ketones is 1. The number of imide groups is 1. The largest absolute Gasteiger partial charge is 0.295 e. The second-order valence-electron chi connectivity index (χ2n) is 3.95. The molecule has 1 heterocycles. The van der Waals surface area contributed by atoms with Crippen molar-refractivity contribution in [2.45, 2.75) is 39.0 Å². The number of rotatable bonds is 5. The first-order valence-electron chi connectivity index (χ1n) is 5.61. The molecule has 88 valence electrons. The maximum absolute atomic E-state index is 11.4. The van der Waals surface area contributed by atoms with Gasteiger partial charge in [0.05, 0.1) is 0 Å². The fourth-order valence-corrected chi connectivity index (χ4v) is 1.67. The number of nitrogens with zero attached hydrogens (tertiary/aromatic N) is 1. The Labute approximate surface area is 95.3 Å². The summed E-state index contributed by atoms with van der Waals surface area (Å²) in [4.78, 5) is 34.8. The topological polar surface area (TPSA) is 54.5 Å². The number of likely N-dealkylation sites (tertiary alicyclic amines) is 1. The van der Waals surface area contributed by atoms with Gasteiger partial charge in [-0.1, -0.05) is 6.08 Å². The highest BCUT2D eigenvalue weighted by Gasteiger charge is 2.24. The molecule has 1 saturated heterocycles. The minimum absolute atomic E-state index is 0.0186. The highest BCUT2D eigenvalue weighted by Crippen LogP contribution is 2.12. The van der Waals surface area contributed by atoms with Crippen molar-refractivity contribution in [1.82, 2.24) is 4.90 Å². The van der Waals surface area contributed by atoms with Crippen LogP contribution in [0.2, 0.25) is 0 Å². The Morgan fingerprint density at radius 3 is 2.50 bits per heavy atom. The standard InChI is InChI=1S/C12H17NO3/c1-10(14)6-3-2-4-9-13-11(15)7-5-8-12(13)16/h3,6H,2,4-5,7-9H2,1H3/b6-3+. The number of carbonyl (C=O) groups is 3. The Morgan fingerprint density at radius 1 is 1.31 bits per heavy atom. The summed E-state index contributed by atoms with van der Waals surface area (Å²) in [6.45, 7) is 1.97. The van der Waals surface area contributed by atoms with Crippen molar-refractivity contribution < 1.29 is 14.4 Å². The van der Waals surface area contributed by atoms with E-state index in [0.717, 1.165) is 12.8 Å². The molecular formula is C12H17NO3. The van der Waals surface area contributed by atoms with Gasteiger partial charge in [0, 0.05) is 19.4 Å². The monoisotopic (exact) mass is 223 g/mol. The maximum Gasteiger partial charge on any atom is 0.229 e. The lowest BCUT2D eigenvalue weighted by Crippen LogP contribution is -2.40. The van der Waals surface area contributed by atoms with Crippen molar-refractivity contribution in [3.63, 3.8) is 0 Å². The number of amides is 2. The second-order valence-corrected chi connectivity index (χ2v) is 3.95. The molecule has 4 nitrogen and oxygen atoms in total. The summed E-state index contributed by atoms with van der Waals surface area (Å²) in [5.74, 6) is -0.108. The molecule has 0 spiro atoms. The number of allylic oxidation sites excluding steroid dienone is 2. The SMILES string of the molecule is CC(=O)/C=C/CCCN1C(=O)CCCC1=O. The normalized spacial score (nSPS) is 17.2. The van der Waals surface area contributed by atoms with Crippen molar-refractivity contribution >= 4 is 17.6 Å². The molecule has 0 aromatic rings. The molecule has 0 bridgehead atoms. The number of hydrogen-bond donors (Lipinski definition) is 0. The quantitative estimate of drug-likeness (QED) is 0.402. The van der Waals surface area contributed by atoms with Gasteiger partial charge in [-0.3, -0.25) is 19.3 Å². The van der Waals surface area contributed by atoms with E-state index >= 15 is 0 Å². The maximum atomic E-state index is 11.4. The van der Waals surface area contributed by atoms with Crippen LogP contribution in [0.3, 0.4) is 0 Å². The van der Waals surface area contributed by atoms with Crippen LogP contribution in [0, 0.1) is 0 Å². The third-order valence-corrected chi connectivity index (χ3v) is 2.49. The Bertz CT molecular complexity index is 304. The zero-order valence-electron chi connectivity index (χ0n) is 9.57. The smallest absolute Gasteiger partial charge is 0.229 e. The van der Waals surface area contributed by atoms with Gasteiger partial charge in [-0.25, -0.2) is 0 Å². The van der Waals surface area contributed by atoms with Crippen molar-refractivity contribution in [2.24, 2.45) is 0 Å². The zero-order valence-corrected chi connectivity index (χ0v) is 9.57. The van der Waals surface area contributed by atoms with E-state index in [4.69, 9.17) is 0 Å². The Kier molecular flexibility index (Phi) is 4.89. The van der Waals surface area contributed by atoms with Gasteiger partial charge in [0.1, 0.15) is 0 Å². The number of piperidine rings is 1. The Morgan fingerprint density at radius 2 is 1.94 bits per heavy atom. The van der Waals surface area contributed by atoms with Gasteiger partial charge in [-0.2, -0.15) is 0 Å². The summed E-state index contributed by atoms with van der Waals surface area (Å²) in [6.07, 6.45) is 6.38. The highest BCUT2D eigenvalue weighted by molar-refractivity contribution is 5.97. The lowest BCUT2D eigenvalue weighted by atomic mass is 10.1. The molecule has 1 fully saturated rings. The lowest BCUT2D eigenvalue weighted by Gasteiger charge is -2.24. The summed E-state index contributed by atoms with van der Waals surface area (Å²) in [5, 5.41) is 0. The summed E-state index contributed by atoms with van der Waals surface area (Å²) < 4.78 is 0. The highest BCUT2D eigenvalue weighted by atomic mass is 16.2. The van der Waals surface area contributed by atoms with E-state index in [0.29, 0.717) is 25.8 Å². The molecule has 4 heteroatoms. The van der Waals surface area contributed by atoms with Gasteiger partial charge in [0.2, 0.25) is 11.8 Å². The average molecular weight is 223 g/mol. The van der Waals surface area contributed by atoms with E-state index in [1.807, 2.05) is 0 Å². The molecule has 0 aromatic heterocycles. The summed E-state index contributed by atoms with van der Waals surface area (Å²) >= 11 is 0. The average Bonchev–Trinajstić information content (AvgIpc) is 2.21. The molecule has 16 heavy (non-hydrogen) atoms. The molecule has 0 aliphatic carbocycles. The van der Waals surface area contributed by atoms with Crippen LogP contribution in [0.25, 0.3) is 0 Å². The van der Waals surface area contributed by atoms with Gasteiger partial charge >= 0.3 is 0 Å². The van der Waals surface area contributed by atoms with Crippen LogP contribution in [0.15, 0.2) is 12.2 Å². The molecule has 0 unspecified atom stereocenters. The van der Waals surface area contributed by atoms with Crippen LogP contribution >= 0.6 is 0 Å². The van der Waals surface area contributed by atoms with Crippen molar-refractivity contribution in [3.8, 4) is 0 Å². The molecular weight excluding hydrogens is 206 g/mol. The van der Waals surface area contributed by atoms with Crippen LogP contribution in [0.1, 0.15) is 39.0 Å². The number of hydrogen-bond acceptors (Lipinski definition) is 3. The number of carbonyl (C=O) groups excluding carboxylic acids is 3. The fourth-order valence-electron chi connectivity index (χ4n) is 1.67. The summed E-state index contributed by atoms with van der Waals surface area (Å²) in [6, 6.07) is 0. The molecule has 2 amide bonds. The summed E-state index contributed by atoms with van der Waals surface area (Å²) in [5.41, 5.74) is 0. The molecule has 0 radical (unpaired) electrons. The van der Waals surface area contributed by atoms with Crippen LogP contribution in [-0.2, 0) is 14.4 Å². The first-order chi connectivity index (χ1) is 7.61. The first kappa shape index (κ1) is 12.6. The number of unbranched alkanes of at least 4 members (excludes halogenated alkanes) is 1. The molecule has 1 rings (SSSR count). The van der Waals surface area contributed by atoms with Gasteiger partial charge in [0.15, 0.2) is 5.78 Å². The van der Waals surface area contributed by atoms with Crippen LogP contribution < -0.4 is 0 Å². The zero-order chi connectivity index (χ0) is 12.0. The molecule has 0 N–H and O–H groups in total. The van der Waals surface area contributed by atoms with Gasteiger partial charge in [-0.15, -0.1) is 0 Å². The van der Waals surface area contributed by atoms with Crippen LogP contribution in [0.4, 0.5) is 0 Å². The minimum Gasteiger partial charge on any atom is -0.295 e. The van der Waals surface area contributed by atoms with E-state index in [1.54, 1.807) is 6.08 Å². The Balaban J connectivity index is 2.28. The third-order valence-electron chi connectivity index (χ3n) is 2.49. The molecule has 0 aromatic carbocycles. The minimum atomic E-state index is -0.0632. The second kappa shape index (κ2) is 6.20. The Hall–Kier alpha value is -1.45. The molecule has 0 saturated carbocycles. The predicted octanol–water partition coefficient (Wildman–Crippen LogP) is 1.45. The van der Waals surface area contributed by atoms with Gasteiger partial charge in [-0.05, 0) is 32.3 Å². The van der Waals surface area contributed by atoms with Crippen LogP contribution in [-0.4, -0.2) is 29.0 Å². The molecule has 0 atom stereocenters. The van der Waals surface area contributed by atoms with Crippen molar-refractivity contribution in [3.05, 3.63) is 12.2 Å². The summed E-state index contributed by atoms with van der Waals surface area (Å²) in [7, 11) is 0. The van der Waals surface area contributed by atoms with E-state index in [9.17, 15) is 14.4 Å². The lowest BCUT2D eigenvalue weighted by molar-refractivity contribution is -0.148. The van der Waals surface area contributed by atoms with Crippen LogP contribution in [0.5, 0.6) is 0 Å². The van der Waals surface area contributed by atoms with Gasteiger partial charge in [0.25, 0.3) is 0 Å².